The number of carbonyl (C=O) groups excluding carboxylic acids is 1. The van der Waals surface area contributed by atoms with E-state index in [1.165, 1.54) is 20.3 Å². The molecule has 34 heavy (non-hydrogen) atoms. The Morgan fingerprint density at radius 1 is 0.971 bits per heavy atom. The summed E-state index contributed by atoms with van der Waals surface area (Å²) in [7, 11) is 2.95. The average Bonchev–Trinajstić information content (AvgIpc) is 2.89. The number of nitrogens with zero attached hydrogens (tertiary/aromatic N) is 2. The Hall–Kier alpha value is -3.69. The number of methoxy groups -OCH3 is 2. The average molecular weight is 466 g/mol. The van der Waals surface area contributed by atoms with Crippen molar-refractivity contribution in [2.24, 2.45) is 0 Å². The minimum absolute atomic E-state index is 0.0283. The summed E-state index contributed by atoms with van der Waals surface area (Å²) in [5.41, 5.74) is 1.75. The number of ether oxygens (including phenoxy) is 6. The van der Waals surface area contributed by atoms with E-state index in [0.29, 0.717) is 25.2 Å². The van der Waals surface area contributed by atoms with Crippen molar-refractivity contribution < 1.29 is 33.2 Å². The second-order valence-corrected chi connectivity index (χ2v) is 7.33. The fraction of sp³-hybridized carbons (Fsp3) is 0.320. The molecule has 0 saturated carbocycles. The van der Waals surface area contributed by atoms with E-state index in [0.717, 1.165) is 12.0 Å². The van der Waals surface area contributed by atoms with Crippen molar-refractivity contribution in [1.29, 1.82) is 0 Å². The second-order valence-electron chi connectivity index (χ2n) is 7.33. The van der Waals surface area contributed by atoms with Gasteiger partial charge in [-0.05, 0) is 23.6 Å². The number of hydrogen-bond donors (Lipinski definition) is 0. The van der Waals surface area contributed by atoms with Gasteiger partial charge in [0.25, 0.3) is 0 Å². The van der Waals surface area contributed by atoms with E-state index in [4.69, 9.17) is 28.4 Å². The largest absolute Gasteiger partial charge is 0.481 e. The summed E-state index contributed by atoms with van der Waals surface area (Å²) in [5.74, 6) is 0.224. The van der Waals surface area contributed by atoms with Crippen LogP contribution in [0, 0.1) is 0 Å². The number of aromatic nitrogens is 2. The van der Waals surface area contributed by atoms with Crippen molar-refractivity contribution in [1.82, 2.24) is 9.97 Å². The van der Waals surface area contributed by atoms with Gasteiger partial charge >= 0.3 is 12.0 Å². The van der Waals surface area contributed by atoms with Crippen molar-refractivity contribution in [3.8, 4) is 34.6 Å². The highest BCUT2D eigenvalue weighted by atomic mass is 16.7. The highest BCUT2D eigenvalue weighted by Crippen LogP contribution is 2.34. The smallest absolute Gasteiger partial charge is 0.342 e. The fourth-order valence-electron chi connectivity index (χ4n) is 3.45. The quantitative estimate of drug-likeness (QED) is 0.428. The van der Waals surface area contributed by atoms with E-state index >= 15 is 0 Å². The van der Waals surface area contributed by atoms with Gasteiger partial charge in [-0.1, -0.05) is 42.5 Å². The molecule has 1 aliphatic heterocycles. The molecule has 1 aromatic heterocycles. The summed E-state index contributed by atoms with van der Waals surface area (Å²) in [6.07, 6.45) is 0.920. The molecule has 0 radical (unpaired) electrons. The van der Waals surface area contributed by atoms with Gasteiger partial charge in [0.1, 0.15) is 11.3 Å². The molecular weight excluding hydrogens is 440 g/mol. The first kappa shape index (κ1) is 23.5. The van der Waals surface area contributed by atoms with Crippen molar-refractivity contribution in [2.75, 3.05) is 34.0 Å². The first-order chi connectivity index (χ1) is 16.7. The fourth-order valence-corrected chi connectivity index (χ4v) is 3.45. The maximum Gasteiger partial charge on any atom is 0.342 e. The van der Waals surface area contributed by atoms with Crippen LogP contribution in [-0.2, 0) is 14.2 Å². The van der Waals surface area contributed by atoms with Crippen LogP contribution in [0.5, 0.6) is 23.5 Å². The van der Waals surface area contributed by atoms with Crippen LogP contribution in [0.3, 0.4) is 0 Å². The monoisotopic (exact) mass is 466 g/mol. The van der Waals surface area contributed by atoms with E-state index in [1.807, 2.05) is 36.4 Å². The van der Waals surface area contributed by atoms with Gasteiger partial charge in [0.2, 0.25) is 11.8 Å². The number of hydrogen-bond acceptors (Lipinski definition) is 9. The molecule has 2 aromatic carbocycles. The van der Waals surface area contributed by atoms with Gasteiger partial charge in [0.05, 0.1) is 40.1 Å². The molecule has 1 aliphatic rings. The maximum atomic E-state index is 13.3. The summed E-state index contributed by atoms with van der Waals surface area (Å²) in [6, 6.07) is 16.3. The van der Waals surface area contributed by atoms with Crippen molar-refractivity contribution >= 4 is 5.97 Å². The molecule has 2 heterocycles. The zero-order valence-corrected chi connectivity index (χ0v) is 19.1. The van der Waals surface area contributed by atoms with Crippen LogP contribution in [0.25, 0.3) is 11.1 Å². The van der Waals surface area contributed by atoms with E-state index in [2.05, 4.69) is 9.97 Å². The Balaban J connectivity index is 1.63. The van der Waals surface area contributed by atoms with Crippen LogP contribution < -0.4 is 14.2 Å². The summed E-state index contributed by atoms with van der Waals surface area (Å²) in [5, 5.41) is 0. The molecule has 0 spiro atoms. The van der Waals surface area contributed by atoms with Crippen LogP contribution in [0.1, 0.15) is 23.2 Å². The molecule has 1 saturated heterocycles. The van der Waals surface area contributed by atoms with Crippen molar-refractivity contribution in [2.45, 2.75) is 19.1 Å². The minimum atomic E-state index is -0.542. The zero-order chi connectivity index (χ0) is 23.8. The molecule has 9 heteroatoms. The molecule has 0 aliphatic carbocycles. The first-order valence-corrected chi connectivity index (χ1v) is 10.9. The summed E-state index contributed by atoms with van der Waals surface area (Å²) < 4.78 is 33.0. The Morgan fingerprint density at radius 3 is 2.35 bits per heavy atom. The maximum absolute atomic E-state index is 13.3. The Labute approximate surface area is 197 Å². The third kappa shape index (κ3) is 5.81. The normalized spacial score (nSPS) is 13.8. The molecule has 178 valence electrons. The van der Waals surface area contributed by atoms with Gasteiger partial charge in [0, 0.05) is 6.42 Å². The molecule has 0 amide bonds. The van der Waals surface area contributed by atoms with Gasteiger partial charge in [-0.15, -0.1) is 0 Å². The van der Waals surface area contributed by atoms with Gasteiger partial charge < -0.3 is 28.4 Å². The number of esters is 1. The van der Waals surface area contributed by atoms with E-state index in [1.54, 1.807) is 12.1 Å². The van der Waals surface area contributed by atoms with Gasteiger partial charge in [0.15, 0.2) is 6.29 Å². The predicted molar refractivity (Wildman–Crippen MR) is 122 cm³/mol. The molecule has 3 aromatic rings. The van der Waals surface area contributed by atoms with Crippen molar-refractivity contribution in [3.05, 3.63) is 60.2 Å². The van der Waals surface area contributed by atoms with Gasteiger partial charge in [-0.2, -0.15) is 9.97 Å². The van der Waals surface area contributed by atoms with Gasteiger partial charge in [-0.3, -0.25) is 0 Å². The van der Waals surface area contributed by atoms with E-state index < -0.39 is 5.97 Å². The Bertz CT molecular complexity index is 1080. The number of rotatable bonds is 9. The van der Waals surface area contributed by atoms with Crippen LogP contribution in [-0.4, -0.2) is 56.3 Å². The number of benzene rings is 2. The molecule has 0 atom stereocenters. The summed E-state index contributed by atoms with van der Waals surface area (Å²) in [6.45, 7) is 1.41. The second kappa shape index (κ2) is 11.4. The lowest BCUT2D eigenvalue weighted by molar-refractivity contribution is -0.184. The van der Waals surface area contributed by atoms with Crippen LogP contribution in [0.4, 0.5) is 0 Å². The molecule has 0 N–H and O–H groups in total. The lowest BCUT2D eigenvalue weighted by Gasteiger charge is -2.23. The lowest BCUT2D eigenvalue weighted by Crippen LogP contribution is -2.26. The molecule has 0 bridgehead atoms. The van der Waals surface area contributed by atoms with E-state index in [9.17, 15) is 4.79 Å². The summed E-state index contributed by atoms with van der Waals surface area (Å²) >= 11 is 0. The first-order valence-electron chi connectivity index (χ1n) is 10.9. The Morgan fingerprint density at radius 2 is 1.68 bits per heavy atom. The molecular formula is C25H26N2O7. The third-order valence-electron chi connectivity index (χ3n) is 5.08. The summed E-state index contributed by atoms with van der Waals surface area (Å²) in [4.78, 5) is 21.7. The van der Waals surface area contributed by atoms with Crippen LogP contribution >= 0.6 is 0 Å². The standard InChI is InChI=1S/C25H26N2O7/c1-29-20-16-21(30-2)27-25(26-20)34-19-11-6-10-18(17-8-4-3-5-9-17)23(19)24(28)33-15-12-22-31-13-7-14-32-22/h3-6,8-11,16,22H,7,12-15H2,1-2H3. The van der Waals surface area contributed by atoms with Crippen LogP contribution in [0.2, 0.25) is 0 Å². The third-order valence-corrected chi connectivity index (χ3v) is 5.08. The topological polar surface area (TPSA) is 98.2 Å². The molecule has 4 rings (SSSR count). The SMILES string of the molecule is COc1cc(OC)nc(Oc2cccc(-c3ccccc3)c2C(=O)OCCC2OCCCO2)n1. The zero-order valence-electron chi connectivity index (χ0n) is 19.1. The van der Waals surface area contributed by atoms with Crippen LogP contribution in [0.15, 0.2) is 54.6 Å². The number of carbonyl (C=O) groups is 1. The highest BCUT2D eigenvalue weighted by Gasteiger charge is 2.23. The van der Waals surface area contributed by atoms with Crippen molar-refractivity contribution in [3.63, 3.8) is 0 Å². The minimum Gasteiger partial charge on any atom is -0.481 e. The molecule has 1 fully saturated rings. The Kier molecular flexibility index (Phi) is 7.90. The lowest BCUT2D eigenvalue weighted by atomic mass is 9.99. The van der Waals surface area contributed by atoms with E-state index in [-0.39, 0.29) is 42.0 Å². The van der Waals surface area contributed by atoms with Gasteiger partial charge in [-0.25, -0.2) is 4.79 Å². The molecule has 9 nitrogen and oxygen atoms in total. The predicted octanol–water partition coefficient (Wildman–Crippen LogP) is 4.26. The highest BCUT2D eigenvalue weighted by molar-refractivity contribution is 6.00. The molecule has 0 unspecified atom stereocenters.